The molecule has 0 radical (unpaired) electrons. The number of amides is 4. The summed E-state index contributed by atoms with van der Waals surface area (Å²) in [6, 6.07) is 4.01. The standard InChI is InChI=1S/C22H34N6O2/c29-21(26-19-9-6-12-23-20(19)27-13-4-5-14-27)24-18-10-15-28(16-11-18)22(30)25-17-7-2-1-3-8-17/h6,9,12,17-18H,1-5,7-8,10-11,13-16H2,(H,25,30)(H2,24,26,29). The van der Waals surface area contributed by atoms with Crippen LogP contribution in [-0.2, 0) is 0 Å². The molecule has 0 unspecified atom stereocenters. The Morgan fingerprint density at radius 2 is 1.57 bits per heavy atom. The van der Waals surface area contributed by atoms with Gasteiger partial charge in [0.2, 0.25) is 0 Å². The maximum absolute atomic E-state index is 12.6. The summed E-state index contributed by atoms with van der Waals surface area (Å²) in [5.41, 5.74) is 0.751. The second kappa shape index (κ2) is 10.00. The Morgan fingerprint density at radius 1 is 0.867 bits per heavy atom. The van der Waals surface area contributed by atoms with Crippen LogP contribution in [-0.4, -0.2) is 60.2 Å². The summed E-state index contributed by atoms with van der Waals surface area (Å²) >= 11 is 0. The number of carbonyl (C=O) groups is 2. The molecule has 0 aromatic carbocycles. The molecule has 3 N–H and O–H groups in total. The zero-order valence-corrected chi connectivity index (χ0v) is 17.7. The summed E-state index contributed by atoms with van der Waals surface area (Å²) in [5.74, 6) is 0.847. The number of piperidine rings is 1. The summed E-state index contributed by atoms with van der Waals surface area (Å²) in [5, 5.41) is 9.23. The average Bonchev–Trinajstić information content (AvgIpc) is 3.30. The van der Waals surface area contributed by atoms with Gasteiger partial charge in [0.25, 0.3) is 0 Å². The number of nitrogens with zero attached hydrogens (tertiary/aromatic N) is 3. The SMILES string of the molecule is O=C(Nc1cccnc1N1CCCC1)NC1CCN(C(=O)NC2CCCCC2)CC1. The first-order chi connectivity index (χ1) is 14.7. The second-order valence-corrected chi connectivity index (χ2v) is 8.71. The predicted molar refractivity (Wildman–Crippen MR) is 118 cm³/mol. The fourth-order valence-electron chi connectivity index (χ4n) is 4.76. The predicted octanol–water partition coefficient (Wildman–Crippen LogP) is 3.31. The van der Waals surface area contributed by atoms with Crippen LogP contribution in [0, 0.1) is 0 Å². The van der Waals surface area contributed by atoms with Gasteiger partial charge in [0.1, 0.15) is 0 Å². The van der Waals surface area contributed by atoms with Gasteiger partial charge in [-0.25, -0.2) is 14.6 Å². The first kappa shape index (κ1) is 20.8. The third kappa shape index (κ3) is 5.34. The lowest BCUT2D eigenvalue weighted by Crippen LogP contribution is -2.52. The van der Waals surface area contributed by atoms with Crippen LogP contribution in [0.2, 0.25) is 0 Å². The number of carbonyl (C=O) groups excluding carboxylic acids is 2. The Labute approximate surface area is 178 Å². The lowest BCUT2D eigenvalue weighted by molar-refractivity contribution is 0.170. The largest absolute Gasteiger partial charge is 0.355 e. The Balaban J connectivity index is 1.22. The van der Waals surface area contributed by atoms with E-state index < -0.39 is 0 Å². The minimum Gasteiger partial charge on any atom is -0.355 e. The van der Waals surface area contributed by atoms with Crippen LogP contribution in [0.1, 0.15) is 57.8 Å². The molecule has 164 valence electrons. The number of nitrogens with one attached hydrogen (secondary N) is 3. The maximum atomic E-state index is 12.6. The van der Waals surface area contributed by atoms with Crippen LogP contribution < -0.4 is 20.9 Å². The van der Waals surface area contributed by atoms with E-state index in [-0.39, 0.29) is 18.1 Å². The molecule has 1 aliphatic carbocycles. The highest BCUT2D eigenvalue weighted by atomic mass is 16.2. The Kier molecular flexibility index (Phi) is 6.92. The van der Waals surface area contributed by atoms with Gasteiger partial charge in [-0.3, -0.25) is 0 Å². The fourth-order valence-corrected chi connectivity index (χ4v) is 4.76. The lowest BCUT2D eigenvalue weighted by atomic mass is 9.95. The molecule has 0 spiro atoms. The van der Waals surface area contributed by atoms with Gasteiger partial charge < -0.3 is 25.8 Å². The van der Waals surface area contributed by atoms with Crippen molar-refractivity contribution in [3.63, 3.8) is 0 Å². The highest BCUT2D eigenvalue weighted by molar-refractivity contribution is 5.92. The molecule has 8 heteroatoms. The van der Waals surface area contributed by atoms with E-state index >= 15 is 0 Å². The zero-order valence-electron chi connectivity index (χ0n) is 17.7. The normalized spacial score (nSPS) is 20.8. The van der Waals surface area contributed by atoms with E-state index in [1.54, 1.807) is 6.20 Å². The average molecular weight is 415 g/mol. The van der Waals surface area contributed by atoms with E-state index in [0.29, 0.717) is 19.1 Å². The van der Waals surface area contributed by atoms with Crippen LogP contribution >= 0.6 is 0 Å². The van der Waals surface area contributed by atoms with E-state index in [2.05, 4.69) is 25.8 Å². The van der Waals surface area contributed by atoms with Gasteiger partial charge in [-0.2, -0.15) is 0 Å². The molecule has 30 heavy (non-hydrogen) atoms. The summed E-state index contributed by atoms with van der Waals surface area (Å²) in [7, 11) is 0. The highest BCUT2D eigenvalue weighted by Crippen LogP contribution is 2.26. The molecule has 1 aromatic rings. The van der Waals surface area contributed by atoms with Crippen molar-refractivity contribution in [2.75, 3.05) is 36.4 Å². The highest BCUT2D eigenvalue weighted by Gasteiger charge is 2.26. The van der Waals surface area contributed by atoms with Crippen LogP contribution in [0.15, 0.2) is 18.3 Å². The van der Waals surface area contributed by atoms with Gasteiger partial charge in [0.15, 0.2) is 5.82 Å². The molecule has 1 aromatic heterocycles. The van der Waals surface area contributed by atoms with E-state index in [4.69, 9.17) is 0 Å². The van der Waals surface area contributed by atoms with Gasteiger partial charge in [0.05, 0.1) is 5.69 Å². The number of anilines is 2. The minimum absolute atomic E-state index is 0.0513. The van der Waals surface area contributed by atoms with Gasteiger partial charge in [-0.15, -0.1) is 0 Å². The molecular formula is C22H34N6O2. The van der Waals surface area contributed by atoms with Gasteiger partial charge in [-0.1, -0.05) is 19.3 Å². The third-order valence-corrected chi connectivity index (χ3v) is 6.49. The molecule has 0 atom stereocenters. The van der Waals surface area contributed by atoms with Crippen LogP contribution in [0.25, 0.3) is 0 Å². The second-order valence-electron chi connectivity index (χ2n) is 8.71. The molecule has 1 saturated carbocycles. The quantitative estimate of drug-likeness (QED) is 0.705. The van der Waals surface area contributed by atoms with Crippen molar-refractivity contribution in [1.82, 2.24) is 20.5 Å². The molecule has 3 aliphatic rings. The number of urea groups is 2. The fraction of sp³-hybridized carbons (Fsp3) is 0.682. The van der Waals surface area contributed by atoms with Gasteiger partial charge in [0, 0.05) is 44.5 Å². The molecule has 4 rings (SSSR count). The number of hydrogen-bond acceptors (Lipinski definition) is 4. The number of aromatic nitrogens is 1. The van der Waals surface area contributed by atoms with Crippen molar-refractivity contribution in [1.29, 1.82) is 0 Å². The van der Waals surface area contributed by atoms with Crippen molar-refractivity contribution in [2.45, 2.75) is 69.9 Å². The van der Waals surface area contributed by atoms with E-state index in [1.807, 2.05) is 17.0 Å². The maximum Gasteiger partial charge on any atom is 0.319 e. The first-order valence-electron chi connectivity index (χ1n) is 11.5. The Morgan fingerprint density at radius 3 is 2.30 bits per heavy atom. The van der Waals surface area contributed by atoms with E-state index in [1.165, 1.54) is 19.3 Å². The molecule has 2 saturated heterocycles. The summed E-state index contributed by atoms with van der Waals surface area (Å²) in [4.78, 5) is 33.6. The number of likely N-dealkylation sites (tertiary alicyclic amines) is 1. The Hall–Kier alpha value is -2.51. The monoisotopic (exact) mass is 414 g/mol. The van der Waals surface area contributed by atoms with Crippen LogP contribution in [0.5, 0.6) is 0 Å². The van der Waals surface area contributed by atoms with Crippen molar-refractivity contribution in [3.8, 4) is 0 Å². The van der Waals surface area contributed by atoms with Crippen molar-refractivity contribution >= 4 is 23.6 Å². The third-order valence-electron chi connectivity index (χ3n) is 6.49. The summed E-state index contributed by atoms with van der Waals surface area (Å²) in [6.07, 6.45) is 11.5. The molecule has 8 nitrogen and oxygen atoms in total. The number of hydrogen-bond donors (Lipinski definition) is 3. The molecular weight excluding hydrogens is 380 g/mol. The molecule has 3 heterocycles. The Bertz CT molecular complexity index is 722. The topological polar surface area (TPSA) is 89.6 Å². The van der Waals surface area contributed by atoms with E-state index in [0.717, 1.165) is 63.1 Å². The molecule has 0 bridgehead atoms. The van der Waals surface area contributed by atoms with Crippen LogP contribution in [0.3, 0.4) is 0 Å². The molecule has 4 amide bonds. The van der Waals surface area contributed by atoms with Gasteiger partial charge >= 0.3 is 12.1 Å². The van der Waals surface area contributed by atoms with E-state index in [9.17, 15) is 9.59 Å². The van der Waals surface area contributed by atoms with Gasteiger partial charge in [-0.05, 0) is 50.7 Å². The number of pyridine rings is 1. The molecule has 2 aliphatic heterocycles. The summed E-state index contributed by atoms with van der Waals surface area (Å²) < 4.78 is 0. The van der Waals surface area contributed by atoms with Crippen molar-refractivity contribution in [2.24, 2.45) is 0 Å². The number of rotatable bonds is 4. The molecule has 3 fully saturated rings. The first-order valence-corrected chi connectivity index (χ1v) is 11.5. The summed E-state index contributed by atoms with van der Waals surface area (Å²) in [6.45, 7) is 3.31. The minimum atomic E-state index is -0.200. The smallest absolute Gasteiger partial charge is 0.319 e. The van der Waals surface area contributed by atoms with Crippen molar-refractivity contribution < 1.29 is 9.59 Å². The van der Waals surface area contributed by atoms with Crippen molar-refractivity contribution in [3.05, 3.63) is 18.3 Å². The zero-order chi connectivity index (χ0) is 20.8. The lowest BCUT2D eigenvalue weighted by Gasteiger charge is -2.34. The van der Waals surface area contributed by atoms with Crippen LogP contribution in [0.4, 0.5) is 21.1 Å².